The fraction of sp³-hybridized carbons (Fsp3) is 0.231. The highest BCUT2D eigenvalue weighted by molar-refractivity contribution is 5.34. The number of hydrogen-bond donors (Lipinski definition) is 2. The van der Waals surface area contributed by atoms with Crippen LogP contribution in [0.3, 0.4) is 0 Å². The monoisotopic (exact) mass is 216 g/mol. The molecule has 0 bridgehead atoms. The van der Waals surface area contributed by atoms with Gasteiger partial charge in [-0.2, -0.15) is 0 Å². The summed E-state index contributed by atoms with van der Waals surface area (Å²) in [7, 11) is 0. The van der Waals surface area contributed by atoms with Gasteiger partial charge in [-0.3, -0.25) is 0 Å². The van der Waals surface area contributed by atoms with Crippen molar-refractivity contribution in [2.24, 2.45) is 0 Å². The maximum atomic E-state index is 8.71. The number of rotatable bonds is 5. The van der Waals surface area contributed by atoms with Gasteiger partial charge in [0.15, 0.2) is 0 Å². The molecule has 2 N–H and O–H groups in total. The van der Waals surface area contributed by atoms with Crippen LogP contribution in [0.4, 0.5) is 0 Å². The molecule has 2 aromatic rings. The minimum absolute atomic E-state index is 0.173. The molecule has 0 spiro atoms. The summed E-state index contributed by atoms with van der Waals surface area (Å²) in [6.07, 6.45) is 2.05. The second kappa shape index (κ2) is 5.49. The molecule has 0 aliphatic carbocycles. The number of nitrogens with zero attached hydrogens (tertiary/aromatic N) is 1. The molecule has 2 rings (SSSR count). The fourth-order valence-corrected chi connectivity index (χ4v) is 1.70. The first-order valence-electron chi connectivity index (χ1n) is 5.45. The van der Waals surface area contributed by atoms with Crippen LogP contribution in [0.1, 0.15) is 5.69 Å². The van der Waals surface area contributed by atoms with Gasteiger partial charge in [-0.05, 0) is 24.3 Å². The molecule has 0 amide bonds. The van der Waals surface area contributed by atoms with Crippen LogP contribution in [-0.2, 0) is 6.54 Å². The van der Waals surface area contributed by atoms with Crippen LogP contribution in [0.2, 0.25) is 0 Å². The summed E-state index contributed by atoms with van der Waals surface area (Å²) in [6, 6.07) is 14.3. The molecule has 84 valence electrons. The Morgan fingerprint density at radius 2 is 1.88 bits per heavy atom. The summed E-state index contributed by atoms with van der Waals surface area (Å²) in [5.74, 6) is 0. The summed E-state index contributed by atoms with van der Waals surface area (Å²) < 4.78 is 2.14. The zero-order valence-corrected chi connectivity index (χ0v) is 9.13. The number of hydrogen-bond acceptors (Lipinski definition) is 2. The van der Waals surface area contributed by atoms with Gasteiger partial charge in [-0.25, -0.2) is 0 Å². The van der Waals surface area contributed by atoms with Crippen molar-refractivity contribution in [2.45, 2.75) is 6.54 Å². The Hall–Kier alpha value is -1.58. The van der Waals surface area contributed by atoms with Crippen molar-refractivity contribution < 1.29 is 5.11 Å². The standard InChI is InChI=1S/C13H16N2O/c16-10-8-14-11-13-7-4-9-15(13)12-5-2-1-3-6-12/h1-7,9,14,16H,8,10-11H2. The predicted octanol–water partition coefficient (Wildman–Crippen LogP) is 1.56. The first kappa shape index (κ1) is 10.9. The van der Waals surface area contributed by atoms with E-state index in [4.69, 9.17) is 5.11 Å². The van der Waals surface area contributed by atoms with Crippen LogP contribution in [0.25, 0.3) is 5.69 Å². The minimum Gasteiger partial charge on any atom is -0.395 e. The second-order valence-corrected chi connectivity index (χ2v) is 3.61. The summed E-state index contributed by atoms with van der Waals surface area (Å²) in [5, 5.41) is 11.9. The van der Waals surface area contributed by atoms with Crippen LogP contribution in [0, 0.1) is 0 Å². The maximum Gasteiger partial charge on any atom is 0.0556 e. The smallest absolute Gasteiger partial charge is 0.0556 e. The third kappa shape index (κ3) is 2.51. The van der Waals surface area contributed by atoms with Crippen molar-refractivity contribution >= 4 is 0 Å². The second-order valence-electron chi connectivity index (χ2n) is 3.61. The number of aliphatic hydroxyl groups is 1. The summed E-state index contributed by atoms with van der Waals surface area (Å²) in [6.45, 7) is 1.56. The quantitative estimate of drug-likeness (QED) is 0.744. The molecular formula is C13H16N2O. The Labute approximate surface area is 95.3 Å². The third-order valence-electron chi connectivity index (χ3n) is 2.46. The van der Waals surface area contributed by atoms with E-state index in [1.165, 1.54) is 5.69 Å². The molecule has 1 aromatic heterocycles. The Morgan fingerprint density at radius 3 is 2.62 bits per heavy atom. The van der Waals surface area contributed by atoms with Crippen molar-refractivity contribution in [1.82, 2.24) is 9.88 Å². The van der Waals surface area contributed by atoms with E-state index in [0.717, 1.165) is 12.2 Å². The van der Waals surface area contributed by atoms with E-state index in [-0.39, 0.29) is 6.61 Å². The van der Waals surface area contributed by atoms with E-state index in [9.17, 15) is 0 Å². The lowest BCUT2D eigenvalue weighted by molar-refractivity contribution is 0.291. The van der Waals surface area contributed by atoms with E-state index in [0.29, 0.717) is 6.54 Å². The predicted molar refractivity (Wildman–Crippen MR) is 64.6 cm³/mol. The number of para-hydroxylation sites is 1. The van der Waals surface area contributed by atoms with E-state index in [1.807, 2.05) is 30.5 Å². The maximum absolute atomic E-state index is 8.71. The summed E-state index contributed by atoms with van der Waals surface area (Å²) in [5.41, 5.74) is 2.35. The molecule has 0 atom stereocenters. The van der Waals surface area contributed by atoms with Crippen molar-refractivity contribution in [3.05, 3.63) is 54.4 Å². The molecule has 3 heteroatoms. The van der Waals surface area contributed by atoms with Crippen LogP contribution in [-0.4, -0.2) is 22.8 Å². The lowest BCUT2D eigenvalue weighted by Crippen LogP contribution is -2.19. The first-order chi connectivity index (χ1) is 7.92. The van der Waals surface area contributed by atoms with Gasteiger partial charge in [-0.1, -0.05) is 18.2 Å². The average Bonchev–Trinajstić information content (AvgIpc) is 2.79. The van der Waals surface area contributed by atoms with Gasteiger partial charge in [0.25, 0.3) is 0 Å². The largest absolute Gasteiger partial charge is 0.395 e. The molecule has 16 heavy (non-hydrogen) atoms. The van der Waals surface area contributed by atoms with Gasteiger partial charge in [-0.15, -0.1) is 0 Å². The molecule has 0 saturated carbocycles. The average molecular weight is 216 g/mol. The molecule has 1 heterocycles. The highest BCUT2D eigenvalue weighted by Gasteiger charge is 2.01. The van der Waals surface area contributed by atoms with Gasteiger partial charge < -0.3 is 15.0 Å². The highest BCUT2D eigenvalue weighted by atomic mass is 16.3. The van der Waals surface area contributed by atoms with E-state index in [1.54, 1.807) is 0 Å². The molecule has 0 saturated heterocycles. The van der Waals surface area contributed by atoms with Crippen LogP contribution < -0.4 is 5.32 Å². The third-order valence-corrected chi connectivity index (χ3v) is 2.46. The van der Waals surface area contributed by atoms with Gasteiger partial charge in [0, 0.05) is 30.7 Å². The van der Waals surface area contributed by atoms with Gasteiger partial charge >= 0.3 is 0 Å². The lowest BCUT2D eigenvalue weighted by Gasteiger charge is -2.09. The van der Waals surface area contributed by atoms with Crippen molar-refractivity contribution in [1.29, 1.82) is 0 Å². The molecule has 3 nitrogen and oxygen atoms in total. The van der Waals surface area contributed by atoms with E-state index >= 15 is 0 Å². The molecule has 0 unspecified atom stereocenters. The van der Waals surface area contributed by atoms with Gasteiger partial charge in [0.05, 0.1) is 6.61 Å². The van der Waals surface area contributed by atoms with Crippen molar-refractivity contribution in [3.63, 3.8) is 0 Å². The van der Waals surface area contributed by atoms with Gasteiger partial charge in [0.2, 0.25) is 0 Å². The van der Waals surface area contributed by atoms with E-state index < -0.39 is 0 Å². The molecule has 0 aliphatic rings. The summed E-state index contributed by atoms with van der Waals surface area (Å²) >= 11 is 0. The zero-order valence-electron chi connectivity index (χ0n) is 9.13. The molecule has 0 aliphatic heterocycles. The number of nitrogens with one attached hydrogen (secondary N) is 1. The van der Waals surface area contributed by atoms with Gasteiger partial charge in [0.1, 0.15) is 0 Å². The van der Waals surface area contributed by atoms with Crippen molar-refractivity contribution in [2.75, 3.05) is 13.2 Å². The molecule has 0 radical (unpaired) electrons. The number of aromatic nitrogens is 1. The fourth-order valence-electron chi connectivity index (χ4n) is 1.70. The Morgan fingerprint density at radius 1 is 1.06 bits per heavy atom. The Kier molecular flexibility index (Phi) is 3.75. The van der Waals surface area contributed by atoms with E-state index in [2.05, 4.69) is 28.1 Å². The number of benzene rings is 1. The molecule has 1 aromatic carbocycles. The first-order valence-corrected chi connectivity index (χ1v) is 5.45. The summed E-state index contributed by atoms with van der Waals surface area (Å²) in [4.78, 5) is 0. The number of aliphatic hydroxyl groups excluding tert-OH is 1. The van der Waals surface area contributed by atoms with Crippen LogP contribution in [0.5, 0.6) is 0 Å². The van der Waals surface area contributed by atoms with Crippen molar-refractivity contribution in [3.8, 4) is 5.69 Å². The van der Waals surface area contributed by atoms with Crippen LogP contribution in [0.15, 0.2) is 48.7 Å². The highest BCUT2D eigenvalue weighted by Crippen LogP contribution is 2.11. The SMILES string of the molecule is OCCNCc1cccn1-c1ccccc1. The molecular weight excluding hydrogens is 200 g/mol. The minimum atomic E-state index is 0.173. The Bertz CT molecular complexity index is 423. The Balaban J connectivity index is 2.13. The van der Waals surface area contributed by atoms with Crippen LogP contribution >= 0.6 is 0 Å². The lowest BCUT2D eigenvalue weighted by atomic mass is 10.3. The zero-order chi connectivity index (χ0) is 11.2. The normalized spacial score (nSPS) is 10.6. The molecule has 0 fully saturated rings. The topological polar surface area (TPSA) is 37.2 Å².